The first kappa shape index (κ1) is 21.6. The van der Waals surface area contributed by atoms with Gasteiger partial charge < -0.3 is 13.9 Å². The van der Waals surface area contributed by atoms with Crippen molar-refractivity contribution in [1.82, 2.24) is 5.43 Å². The van der Waals surface area contributed by atoms with Gasteiger partial charge in [0, 0.05) is 11.1 Å². The average molecular weight is 518 g/mol. The number of amides is 1. The van der Waals surface area contributed by atoms with Crippen LogP contribution < -0.4 is 10.2 Å². The second kappa shape index (κ2) is 9.57. The van der Waals surface area contributed by atoms with E-state index in [0.29, 0.717) is 28.4 Å². The van der Waals surface area contributed by atoms with Crippen LogP contribution in [0.4, 0.5) is 0 Å². The third-order valence-electron chi connectivity index (χ3n) is 4.32. The van der Waals surface area contributed by atoms with Gasteiger partial charge in [0.1, 0.15) is 17.3 Å². The molecule has 1 aromatic heterocycles. The van der Waals surface area contributed by atoms with Crippen LogP contribution in [0.15, 0.2) is 58.0 Å². The molecule has 0 aliphatic carbocycles. The number of ether oxygens (including phenoxy) is 2. The molecule has 7 nitrogen and oxygen atoms in total. The molecular weight excluding hydrogens is 499 g/mol. The number of nitrogens with one attached hydrogen (secondary N) is 1. The number of carbonyl (C=O) groups is 2. The average Bonchev–Trinajstić information content (AvgIpc) is 3.22. The molecule has 0 unspecified atom stereocenters. The van der Waals surface area contributed by atoms with Gasteiger partial charge in [-0.05, 0) is 77.5 Å². The van der Waals surface area contributed by atoms with E-state index in [0.717, 1.165) is 14.7 Å². The Bertz CT molecular complexity index is 1120. The van der Waals surface area contributed by atoms with Crippen LogP contribution in [0.5, 0.6) is 5.75 Å². The predicted octanol–water partition coefficient (Wildman–Crippen LogP) is 4.42. The number of hydrazone groups is 1. The Kier molecular flexibility index (Phi) is 6.88. The van der Waals surface area contributed by atoms with Gasteiger partial charge in [0.15, 0.2) is 0 Å². The third kappa shape index (κ3) is 4.88. The molecule has 154 valence electrons. The summed E-state index contributed by atoms with van der Waals surface area (Å²) in [4.78, 5) is 24.0. The van der Waals surface area contributed by atoms with Gasteiger partial charge in [-0.2, -0.15) is 5.10 Å². The Hall–Kier alpha value is -3.14. The van der Waals surface area contributed by atoms with Gasteiger partial charge in [0.25, 0.3) is 5.91 Å². The van der Waals surface area contributed by atoms with Crippen LogP contribution in [0.2, 0.25) is 0 Å². The summed E-state index contributed by atoms with van der Waals surface area (Å²) in [5.74, 6) is 0.864. The number of furan rings is 1. The number of esters is 1. The molecule has 3 aromatic rings. The Morgan fingerprint density at radius 1 is 1.07 bits per heavy atom. The Balaban J connectivity index is 1.72. The van der Waals surface area contributed by atoms with Crippen molar-refractivity contribution in [2.45, 2.75) is 6.92 Å². The molecule has 0 fully saturated rings. The largest absolute Gasteiger partial charge is 0.496 e. The predicted molar refractivity (Wildman–Crippen MR) is 121 cm³/mol. The van der Waals surface area contributed by atoms with Crippen molar-refractivity contribution in [3.05, 3.63) is 74.6 Å². The van der Waals surface area contributed by atoms with Crippen molar-refractivity contribution >= 4 is 40.7 Å². The van der Waals surface area contributed by atoms with Crippen LogP contribution in [0, 0.1) is 10.5 Å². The zero-order valence-electron chi connectivity index (χ0n) is 16.6. The lowest BCUT2D eigenvalue weighted by Crippen LogP contribution is -2.17. The standard InChI is InChI=1S/C22H19IN2O5/c1-13-4-5-15(22(27)29-3)10-17(13)19-9-7-16(30-19)12-24-25-21(26)14-6-8-18(23)20(11-14)28-2/h4-12H,1-3H3,(H,25,26)/b24-12-. The second-order valence-corrected chi connectivity index (χ2v) is 7.43. The van der Waals surface area contributed by atoms with Crippen LogP contribution in [0.1, 0.15) is 32.0 Å². The molecule has 0 aliphatic rings. The molecule has 0 radical (unpaired) electrons. The van der Waals surface area contributed by atoms with E-state index in [2.05, 4.69) is 33.1 Å². The van der Waals surface area contributed by atoms with Gasteiger partial charge in [-0.3, -0.25) is 4.79 Å². The molecule has 1 N–H and O–H groups in total. The summed E-state index contributed by atoms with van der Waals surface area (Å²) in [7, 11) is 2.89. The highest BCUT2D eigenvalue weighted by atomic mass is 127. The topological polar surface area (TPSA) is 90.1 Å². The molecule has 0 atom stereocenters. The fourth-order valence-electron chi connectivity index (χ4n) is 2.72. The van der Waals surface area contributed by atoms with Gasteiger partial charge in [-0.15, -0.1) is 0 Å². The molecule has 1 heterocycles. The fraction of sp³-hybridized carbons (Fsp3) is 0.136. The van der Waals surface area contributed by atoms with E-state index in [1.54, 1.807) is 49.6 Å². The van der Waals surface area contributed by atoms with Crippen molar-refractivity contribution in [1.29, 1.82) is 0 Å². The van der Waals surface area contributed by atoms with E-state index in [1.807, 2.05) is 13.0 Å². The summed E-state index contributed by atoms with van der Waals surface area (Å²) < 4.78 is 16.7. The summed E-state index contributed by atoms with van der Waals surface area (Å²) in [6.07, 6.45) is 1.41. The normalized spacial score (nSPS) is 10.8. The van der Waals surface area contributed by atoms with Crippen molar-refractivity contribution in [3.8, 4) is 17.1 Å². The molecular formula is C22H19IN2O5. The molecule has 30 heavy (non-hydrogen) atoms. The van der Waals surface area contributed by atoms with Gasteiger partial charge in [0.2, 0.25) is 0 Å². The minimum Gasteiger partial charge on any atom is -0.496 e. The lowest BCUT2D eigenvalue weighted by atomic mass is 10.0. The lowest BCUT2D eigenvalue weighted by Gasteiger charge is -2.06. The van der Waals surface area contributed by atoms with E-state index in [1.165, 1.54) is 13.3 Å². The van der Waals surface area contributed by atoms with E-state index in [9.17, 15) is 9.59 Å². The SMILES string of the molecule is COC(=O)c1ccc(C)c(-c2ccc(/C=N\NC(=O)c3ccc(I)c(OC)c3)o2)c1. The maximum atomic E-state index is 12.3. The van der Waals surface area contributed by atoms with Crippen LogP contribution in [-0.2, 0) is 4.74 Å². The molecule has 0 saturated carbocycles. The number of hydrogen-bond acceptors (Lipinski definition) is 6. The number of benzene rings is 2. The maximum Gasteiger partial charge on any atom is 0.337 e. The van der Waals surface area contributed by atoms with Crippen molar-refractivity contribution in [3.63, 3.8) is 0 Å². The first-order chi connectivity index (χ1) is 14.4. The van der Waals surface area contributed by atoms with Gasteiger partial charge >= 0.3 is 5.97 Å². The summed E-state index contributed by atoms with van der Waals surface area (Å²) >= 11 is 2.13. The number of aryl methyl sites for hydroxylation is 1. The highest BCUT2D eigenvalue weighted by Gasteiger charge is 2.12. The molecule has 1 amide bonds. The smallest absolute Gasteiger partial charge is 0.337 e. The minimum atomic E-state index is -0.417. The Labute approximate surface area is 187 Å². The van der Waals surface area contributed by atoms with Crippen molar-refractivity contribution < 1.29 is 23.5 Å². The van der Waals surface area contributed by atoms with Crippen molar-refractivity contribution in [2.24, 2.45) is 5.10 Å². The number of carbonyl (C=O) groups excluding carboxylic acids is 2. The number of hydrogen-bond donors (Lipinski definition) is 1. The second-order valence-electron chi connectivity index (χ2n) is 6.27. The minimum absolute atomic E-state index is 0.366. The van der Waals surface area contributed by atoms with Crippen LogP contribution >= 0.6 is 22.6 Å². The number of halogens is 1. The first-order valence-corrected chi connectivity index (χ1v) is 9.97. The van der Waals surface area contributed by atoms with Crippen LogP contribution in [-0.4, -0.2) is 32.3 Å². The number of methoxy groups -OCH3 is 2. The molecule has 2 aromatic carbocycles. The maximum absolute atomic E-state index is 12.3. The zero-order chi connectivity index (χ0) is 21.7. The van der Waals surface area contributed by atoms with Crippen LogP contribution in [0.25, 0.3) is 11.3 Å². The van der Waals surface area contributed by atoms with Gasteiger partial charge in [0.05, 0.1) is 29.6 Å². The van der Waals surface area contributed by atoms with Gasteiger partial charge in [-0.1, -0.05) is 6.07 Å². The summed E-state index contributed by atoms with van der Waals surface area (Å²) in [6.45, 7) is 1.92. The van der Waals surface area contributed by atoms with Crippen molar-refractivity contribution in [2.75, 3.05) is 14.2 Å². The highest BCUT2D eigenvalue weighted by molar-refractivity contribution is 14.1. The fourth-order valence-corrected chi connectivity index (χ4v) is 3.28. The molecule has 0 bridgehead atoms. The van der Waals surface area contributed by atoms with Crippen LogP contribution in [0.3, 0.4) is 0 Å². The highest BCUT2D eigenvalue weighted by Crippen LogP contribution is 2.26. The Morgan fingerprint density at radius 2 is 1.83 bits per heavy atom. The van der Waals surface area contributed by atoms with E-state index in [-0.39, 0.29) is 5.91 Å². The lowest BCUT2D eigenvalue weighted by molar-refractivity contribution is 0.0600. The number of rotatable bonds is 6. The third-order valence-corrected chi connectivity index (χ3v) is 5.21. The quantitative estimate of drug-likeness (QED) is 0.226. The Morgan fingerprint density at radius 3 is 2.57 bits per heavy atom. The summed E-state index contributed by atoms with van der Waals surface area (Å²) in [5.41, 5.74) is 5.04. The van der Waals surface area contributed by atoms with E-state index >= 15 is 0 Å². The van der Waals surface area contributed by atoms with Gasteiger partial charge in [-0.25, -0.2) is 10.2 Å². The summed E-state index contributed by atoms with van der Waals surface area (Å²) in [6, 6.07) is 13.9. The molecule has 3 rings (SSSR count). The molecule has 0 spiro atoms. The van der Waals surface area contributed by atoms with E-state index < -0.39 is 5.97 Å². The zero-order valence-corrected chi connectivity index (χ0v) is 18.7. The number of nitrogens with zero attached hydrogens (tertiary/aromatic N) is 1. The molecule has 0 saturated heterocycles. The summed E-state index contributed by atoms with van der Waals surface area (Å²) in [5, 5.41) is 3.95. The first-order valence-electron chi connectivity index (χ1n) is 8.89. The molecule has 8 heteroatoms. The monoisotopic (exact) mass is 518 g/mol. The molecule has 0 aliphatic heterocycles. The van der Waals surface area contributed by atoms with E-state index in [4.69, 9.17) is 13.9 Å².